The van der Waals surface area contributed by atoms with Crippen molar-refractivity contribution in [2.24, 2.45) is 36.1 Å². The standard InChI is InChI=1S/C32H46BrN3O4/c1-20(2)8-6-9-21(3)26-13-14-27-22(10-7-15-32(26,27)4)16-28-25-17-24(40-29(37)18-33)12-11-23(25)19-35-30(38)34(5)31(39)36(28)35/h6,8,16,20-21,24,26-28H,7,9-15,17-19H2,1-5H3/b8-6+,22-16+/t21-,24+,26?,27?,28?,32-/m1/s1. The molecule has 40 heavy (non-hydrogen) atoms. The first-order valence-electron chi connectivity index (χ1n) is 15.3. The Morgan fingerprint density at radius 3 is 2.65 bits per heavy atom. The van der Waals surface area contributed by atoms with Crippen molar-refractivity contribution < 1.29 is 9.53 Å². The summed E-state index contributed by atoms with van der Waals surface area (Å²) in [6.07, 6.45) is 16.0. The molecule has 3 aliphatic carbocycles. The average Bonchev–Trinajstić information content (AvgIpc) is 3.38. The molecule has 0 amide bonds. The summed E-state index contributed by atoms with van der Waals surface area (Å²) in [5, 5.41) is 0.174. The SMILES string of the molecule is CC(C)/C=C/C[C@@H](C)C1CCC2/C(=C/C3C4=C(CC[C@H](OC(=O)CBr)C4)Cn4c(=O)n(C)c(=O)n43)CCC[C@@]21C. The fraction of sp³-hybridized carbons (Fsp3) is 0.719. The highest BCUT2D eigenvalue weighted by Crippen LogP contribution is 2.60. The number of rotatable bonds is 7. The number of nitrogens with zero attached hydrogens (tertiary/aromatic N) is 3. The summed E-state index contributed by atoms with van der Waals surface area (Å²) >= 11 is 3.21. The van der Waals surface area contributed by atoms with Crippen LogP contribution in [-0.2, 0) is 23.1 Å². The summed E-state index contributed by atoms with van der Waals surface area (Å²) in [6.45, 7) is 9.84. The highest BCUT2D eigenvalue weighted by atomic mass is 79.9. The van der Waals surface area contributed by atoms with Crippen molar-refractivity contribution in [3.8, 4) is 0 Å². The van der Waals surface area contributed by atoms with Gasteiger partial charge in [-0.05, 0) is 91.6 Å². The van der Waals surface area contributed by atoms with Crippen molar-refractivity contribution in [3.63, 3.8) is 0 Å². The number of hydrogen-bond donors (Lipinski definition) is 0. The zero-order valence-corrected chi connectivity index (χ0v) is 26.4. The van der Waals surface area contributed by atoms with Crippen LogP contribution in [0.5, 0.6) is 0 Å². The van der Waals surface area contributed by atoms with Crippen molar-refractivity contribution in [3.05, 3.63) is 55.9 Å². The van der Waals surface area contributed by atoms with E-state index in [9.17, 15) is 14.4 Å². The first kappa shape index (κ1) is 29.4. The third-order valence-electron chi connectivity index (χ3n) is 10.4. The first-order chi connectivity index (χ1) is 19.0. The minimum atomic E-state index is -0.307. The van der Waals surface area contributed by atoms with Gasteiger partial charge in [-0.15, -0.1) is 0 Å². The van der Waals surface area contributed by atoms with Gasteiger partial charge in [0.15, 0.2) is 0 Å². The minimum absolute atomic E-state index is 0.174. The van der Waals surface area contributed by atoms with Gasteiger partial charge in [-0.1, -0.05) is 67.4 Å². The molecule has 2 saturated carbocycles. The summed E-state index contributed by atoms with van der Waals surface area (Å²) in [7, 11) is 1.57. The van der Waals surface area contributed by atoms with Crippen LogP contribution in [0.2, 0.25) is 0 Å². The quantitative estimate of drug-likeness (QED) is 0.212. The molecule has 220 valence electrons. The minimum Gasteiger partial charge on any atom is -0.461 e. The number of ether oxygens (including phenoxy) is 1. The molecule has 1 aromatic heterocycles. The van der Waals surface area contributed by atoms with E-state index in [-0.39, 0.29) is 40.2 Å². The Morgan fingerprint density at radius 1 is 1.15 bits per heavy atom. The predicted octanol–water partition coefficient (Wildman–Crippen LogP) is 6.07. The third kappa shape index (κ3) is 5.30. The van der Waals surface area contributed by atoms with Crippen LogP contribution in [0.25, 0.3) is 0 Å². The molecule has 0 radical (unpaired) electrons. The lowest BCUT2D eigenvalue weighted by Crippen LogP contribution is -2.40. The number of carbonyl (C=O) groups excluding carboxylic acids is 1. The molecule has 2 heterocycles. The molecule has 0 aromatic carbocycles. The number of carbonyl (C=O) groups is 1. The predicted molar refractivity (Wildman–Crippen MR) is 162 cm³/mol. The monoisotopic (exact) mass is 615 g/mol. The molecule has 8 heteroatoms. The summed E-state index contributed by atoms with van der Waals surface area (Å²) in [6, 6.07) is -0.307. The Morgan fingerprint density at radius 2 is 1.93 bits per heavy atom. The van der Waals surface area contributed by atoms with E-state index in [1.807, 2.05) is 0 Å². The Labute approximate surface area is 246 Å². The van der Waals surface area contributed by atoms with Gasteiger partial charge in [-0.2, -0.15) is 0 Å². The van der Waals surface area contributed by atoms with E-state index in [4.69, 9.17) is 4.74 Å². The maximum absolute atomic E-state index is 13.4. The number of aromatic nitrogens is 3. The lowest BCUT2D eigenvalue weighted by molar-refractivity contribution is -0.146. The van der Waals surface area contributed by atoms with E-state index in [1.165, 1.54) is 35.0 Å². The van der Waals surface area contributed by atoms with E-state index in [0.29, 0.717) is 36.6 Å². The topological polar surface area (TPSA) is 75.2 Å². The fourth-order valence-corrected chi connectivity index (χ4v) is 8.61. The maximum Gasteiger partial charge on any atom is 0.347 e. The van der Waals surface area contributed by atoms with Gasteiger partial charge in [0.2, 0.25) is 0 Å². The Bertz CT molecular complexity index is 1340. The summed E-state index contributed by atoms with van der Waals surface area (Å²) in [5.74, 6) is 2.14. The Balaban J connectivity index is 1.49. The van der Waals surface area contributed by atoms with Gasteiger partial charge in [0.1, 0.15) is 11.4 Å². The van der Waals surface area contributed by atoms with Crippen molar-refractivity contribution in [1.29, 1.82) is 0 Å². The van der Waals surface area contributed by atoms with Crippen LogP contribution in [0.3, 0.4) is 0 Å². The summed E-state index contributed by atoms with van der Waals surface area (Å²) in [5.41, 5.74) is 3.55. The van der Waals surface area contributed by atoms with Crippen molar-refractivity contribution in [2.75, 3.05) is 5.33 Å². The first-order valence-corrected chi connectivity index (χ1v) is 16.4. The Kier molecular flexibility index (Phi) is 8.57. The second-order valence-electron chi connectivity index (χ2n) is 13.3. The second kappa shape index (κ2) is 11.7. The molecule has 0 N–H and O–H groups in total. The van der Waals surface area contributed by atoms with Crippen LogP contribution in [0.4, 0.5) is 0 Å². The molecule has 7 nitrogen and oxygen atoms in total. The van der Waals surface area contributed by atoms with E-state index in [1.54, 1.807) is 16.4 Å². The number of fused-ring (bicyclic) bond motifs is 2. The fourth-order valence-electron chi connectivity index (χ4n) is 8.48. The molecule has 6 atom stereocenters. The molecular formula is C32H46BrN3O4. The van der Waals surface area contributed by atoms with Crippen molar-refractivity contribution >= 4 is 21.9 Å². The number of allylic oxidation sites excluding steroid dienone is 5. The highest BCUT2D eigenvalue weighted by molar-refractivity contribution is 9.09. The largest absolute Gasteiger partial charge is 0.461 e. The van der Waals surface area contributed by atoms with E-state index in [2.05, 4.69) is 61.9 Å². The summed E-state index contributed by atoms with van der Waals surface area (Å²) in [4.78, 5) is 38.5. The summed E-state index contributed by atoms with van der Waals surface area (Å²) < 4.78 is 10.3. The molecule has 4 aliphatic rings. The van der Waals surface area contributed by atoms with Gasteiger partial charge in [0.25, 0.3) is 0 Å². The molecule has 0 bridgehead atoms. The molecular weight excluding hydrogens is 570 g/mol. The van der Waals surface area contributed by atoms with E-state index < -0.39 is 0 Å². The molecule has 0 spiro atoms. The molecule has 0 saturated heterocycles. The van der Waals surface area contributed by atoms with E-state index in [0.717, 1.165) is 37.7 Å². The van der Waals surface area contributed by atoms with E-state index >= 15 is 0 Å². The number of esters is 1. The molecule has 5 rings (SSSR count). The van der Waals surface area contributed by atoms with Crippen LogP contribution in [0.1, 0.15) is 91.5 Å². The van der Waals surface area contributed by atoms with Gasteiger partial charge in [0, 0.05) is 13.5 Å². The Hall–Kier alpha value is -2.09. The maximum atomic E-state index is 13.4. The molecule has 2 fully saturated rings. The van der Waals surface area contributed by atoms with Gasteiger partial charge >= 0.3 is 17.3 Å². The lowest BCUT2D eigenvalue weighted by Gasteiger charge is -2.45. The molecule has 3 unspecified atom stereocenters. The third-order valence-corrected chi connectivity index (χ3v) is 10.9. The van der Waals surface area contributed by atoms with Crippen molar-refractivity contribution in [2.45, 2.75) is 104 Å². The number of hydrogen-bond acceptors (Lipinski definition) is 4. The lowest BCUT2D eigenvalue weighted by atomic mass is 9.60. The normalized spacial score (nSPS) is 31.9. The molecule has 1 aromatic rings. The zero-order chi connectivity index (χ0) is 28.8. The molecule has 1 aliphatic heterocycles. The van der Waals surface area contributed by atoms with Gasteiger partial charge in [0.05, 0.1) is 12.6 Å². The average molecular weight is 617 g/mol. The number of alkyl halides is 1. The van der Waals surface area contributed by atoms with Crippen molar-refractivity contribution in [1.82, 2.24) is 13.9 Å². The van der Waals surface area contributed by atoms with Crippen LogP contribution >= 0.6 is 15.9 Å². The second-order valence-corrected chi connectivity index (χ2v) is 13.9. The van der Waals surface area contributed by atoms with Crippen LogP contribution < -0.4 is 11.4 Å². The zero-order valence-electron chi connectivity index (χ0n) is 24.8. The van der Waals surface area contributed by atoms with Crippen LogP contribution in [0, 0.1) is 29.1 Å². The van der Waals surface area contributed by atoms with Crippen LogP contribution in [-0.4, -0.2) is 31.3 Å². The van der Waals surface area contributed by atoms with Crippen LogP contribution in [0.15, 0.2) is 44.5 Å². The van der Waals surface area contributed by atoms with Gasteiger partial charge in [-0.3, -0.25) is 4.79 Å². The van der Waals surface area contributed by atoms with Gasteiger partial charge < -0.3 is 4.74 Å². The number of halogens is 1. The smallest absolute Gasteiger partial charge is 0.347 e. The highest BCUT2D eigenvalue weighted by Gasteiger charge is 2.51. The van der Waals surface area contributed by atoms with Gasteiger partial charge in [-0.25, -0.2) is 23.5 Å².